The lowest BCUT2D eigenvalue weighted by Gasteiger charge is -2.30. The Labute approximate surface area is 194 Å². The first-order chi connectivity index (χ1) is 16.6. The van der Waals surface area contributed by atoms with Crippen LogP contribution in [0.4, 0.5) is 0 Å². The molecule has 4 heterocycles. The van der Waals surface area contributed by atoms with Crippen molar-refractivity contribution in [1.82, 2.24) is 20.3 Å². The number of fused-ring (bicyclic) bond motifs is 6. The number of hydrogen-bond donors (Lipinski definition) is 3. The quantitative estimate of drug-likeness (QED) is 0.358. The standard InChI is InChI=1S/C26H22N4O4/c1-33-25(31)19-11-15-13-7-3-5-9-17(13)27-21(15)23(29-19)24-22-16(12-20(30-24)26(32)34-2)14-8-4-6-10-18(14)28-22/h3-11,20,24,27-28,30H,12H2,1-2H3/t20-,24+/m0/s1. The number of esters is 2. The fourth-order valence-electron chi connectivity index (χ4n) is 5.03. The lowest BCUT2D eigenvalue weighted by Crippen LogP contribution is -2.46. The molecule has 0 fully saturated rings. The molecule has 0 saturated carbocycles. The maximum absolute atomic E-state index is 12.6. The first kappa shape index (κ1) is 20.4. The summed E-state index contributed by atoms with van der Waals surface area (Å²) in [4.78, 5) is 36.9. The van der Waals surface area contributed by atoms with Crippen LogP contribution in [0.1, 0.15) is 33.5 Å². The SMILES string of the molecule is COC(=O)c1cc2c([nH]c3ccccc32)c([C@@H]2N[C@H](C(=O)OC)Cc3c2[nH]c2ccccc32)n1. The number of carbonyl (C=O) groups excluding carboxylic acids is 2. The van der Waals surface area contributed by atoms with E-state index in [-0.39, 0.29) is 11.7 Å². The lowest BCUT2D eigenvalue weighted by molar-refractivity contribution is -0.143. The molecule has 0 radical (unpaired) electrons. The van der Waals surface area contributed by atoms with Gasteiger partial charge in [0.25, 0.3) is 0 Å². The van der Waals surface area contributed by atoms with Gasteiger partial charge in [0, 0.05) is 39.3 Å². The van der Waals surface area contributed by atoms with E-state index in [0.29, 0.717) is 12.1 Å². The van der Waals surface area contributed by atoms with E-state index in [1.807, 2.05) is 48.5 Å². The zero-order valence-electron chi connectivity index (χ0n) is 18.6. The molecule has 6 rings (SSSR count). The van der Waals surface area contributed by atoms with Crippen LogP contribution in [0.3, 0.4) is 0 Å². The van der Waals surface area contributed by atoms with E-state index in [9.17, 15) is 9.59 Å². The molecule has 1 aliphatic heterocycles. The van der Waals surface area contributed by atoms with Gasteiger partial charge in [-0.25, -0.2) is 9.78 Å². The van der Waals surface area contributed by atoms with Gasteiger partial charge in [-0.15, -0.1) is 0 Å². The van der Waals surface area contributed by atoms with E-state index >= 15 is 0 Å². The smallest absolute Gasteiger partial charge is 0.356 e. The van der Waals surface area contributed by atoms with Gasteiger partial charge in [-0.2, -0.15) is 0 Å². The number of nitrogens with one attached hydrogen (secondary N) is 3. The van der Waals surface area contributed by atoms with Crippen LogP contribution < -0.4 is 5.32 Å². The minimum absolute atomic E-state index is 0.203. The molecule has 34 heavy (non-hydrogen) atoms. The highest BCUT2D eigenvalue weighted by Crippen LogP contribution is 2.38. The minimum Gasteiger partial charge on any atom is -0.468 e. The van der Waals surface area contributed by atoms with E-state index < -0.39 is 18.1 Å². The highest BCUT2D eigenvalue weighted by Gasteiger charge is 2.36. The van der Waals surface area contributed by atoms with Crippen molar-refractivity contribution in [2.75, 3.05) is 14.2 Å². The van der Waals surface area contributed by atoms with Gasteiger partial charge < -0.3 is 19.4 Å². The third-order valence-electron chi connectivity index (χ3n) is 6.59. The summed E-state index contributed by atoms with van der Waals surface area (Å²) in [6.45, 7) is 0. The minimum atomic E-state index is -0.565. The van der Waals surface area contributed by atoms with E-state index in [1.165, 1.54) is 14.2 Å². The van der Waals surface area contributed by atoms with Gasteiger partial charge in [0.05, 0.1) is 31.5 Å². The molecule has 0 unspecified atom stereocenters. The zero-order valence-corrected chi connectivity index (χ0v) is 18.6. The second-order valence-corrected chi connectivity index (χ2v) is 8.42. The van der Waals surface area contributed by atoms with Crippen molar-refractivity contribution in [2.45, 2.75) is 18.5 Å². The molecule has 8 heteroatoms. The number of hydrogen-bond acceptors (Lipinski definition) is 6. The average molecular weight is 454 g/mol. The van der Waals surface area contributed by atoms with Gasteiger partial charge in [-0.05, 0) is 23.8 Å². The van der Waals surface area contributed by atoms with Crippen molar-refractivity contribution >= 4 is 44.6 Å². The molecule has 0 saturated heterocycles. The van der Waals surface area contributed by atoms with Gasteiger partial charge in [-0.3, -0.25) is 10.1 Å². The molecule has 0 aliphatic carbocycles. The summed E-state index contributed by atoms with van der Waals surface area (Å²) in [7, 11) is 2.72. The lowest BCUT2D eigenvalue weighted by atomic mass is 9.91. The Kier molecular flexibility index (Phi) is 4.63. The molecule has 0 spiro atoms. The Hall–Kier alpha value is -4.17. The normalized spacial score (nSPS) is 17.7. The molecular weight excluding hydrogens is 432 g/mol. The fraction of sp³-hybridized carbons (Fsp3) is 0.192. The second-order valence-electron chi connectivity index (χ2n) is 8.42. The third kappa shape index (κ3) is 2.99. The number of H-pyrrole nitrogens is 2. The summed E-state index contributed by atoms with van der Waals surface area (Å²) in [5.74, 6) is -0.872. The summed E-state index contributed by atoms with van der Waals surface area (Å²) >= 11 is 0. The molecule has 2 atom stereocenters. The fourth-order valence-corrected chi connectivity index (χ4v) is 5.03. The number of rotatable bonds is 3. The van der Waals surface area contributed by atoms with Crippen LogP contribution in [0, 0.1) is 0 Å². The van der Waals surface area contributed by atoms with Crippen LogP contribution in [0.15, 0.2) is 54.6 Å². The molecule has 3 aromatic heterocycles. The van der Waals surface area contributed by atoms with E-state index in [0.717, 1.165) is 44.0 Å². The van der Waals surface area contributed by atoms with Crippen LogP contribution in [-0.4, -0.2) is 47.2 Å². The van der Waals surface area contributed by atoms with Crippen LogP contribution in [0.5, 0.6) is 0 Å². The Balaban J connectivity index is 1.65. The molecule has 2 aromatic carbocycles. The topological polar surface area (TPSA) is 109 Å². The van der Waals surface area contributed by atoms with Gasteiger partial charge in [0.2, 0.25) is 0 Å². The number of para-hydroxylation sites is 2. The molecule has 0 amide bonds. The van der Waals surface area contributed by atoms with Crippen molar-refractivity contribution < 1.29 is 19.1 Å². The monoisotopic (exact) mass is 454 g/mol. The van der Waals surface area contributed by atoms with Gasteiger partial charge in [0.15, 0.2) is 0 Å². The maximum atomic E-state index is 12.6. The predicted octanol–water partition coefficient (Wildman–Crippen LogP) is 3.76. The zero-order chi connectivity index (χ0) is 23.4. The van der Waals surface area contributed by atoms with Crippen molar-refractivity contribution in [3.05, 3.63) is 77.2 Å². The Bertz CT molecular complexity index is 1600. The molecular formula is C26H22N4O4. The maximum Gasteiger partial charge on any atom is 0.356 e. The largest absolute Gasteiger partial charge is 0.468 e. The van der Waals surface area contributed by atoms with Crippen molar-refractivity contribution in [2.24, 2.45) is 0 Å². The number of pyridine rings is 1. The first-order valence-electron chi connectivity index (χ1n) is 11.0. The van der Waals surface area contributed by atoms with E-state index in [4.69, 9.17) is 14.5 Å². The first-order valence-corrected chi connectivity index (χ1v) is 11.0. The number of carbonyl (C=O) groups is 2. The number of aromatic amines is 2. The van der Waals surface area contributed by atoms with Gasteiger partial charge in [0.1, 0.15) is 11.7 Å². The summed E-state index contributed by atoms with van der Waals surface area (Å²) in [6.07, 6.45) is 0.481. The Morgan fingerprint density at radius 1 is 0.912 bits per heavy atom. The third-order valence-corrected chi connectivity index (χ3v) is 6.59. The number of ether oxygens (including phenoxy) is 2. The average Bonchev–Trinajstić information content (AvgIpc) is 3.45. The highest BCUT2D eigenvalue weighted by molar-refractivity contribution is 6.10. The predicted molar refractivity (Wildman–Crippen MR) is 128 cm³/mol. The van der Waals surface area contributed by atoms with E-state index in [1.54, 1.807) is 6.07 Å². The summed E-state index contributed by atoms with van der Waals surface area (Å²) in [5, 5.41) is 6.31. The molecule has 0 bridgehead atoms. The number of aromatic nitrogens is 3. The molecule has 3 N–H and O–H groups in total. The van der Waals surface area contributed by atoms with Crippen molar-refractivity contribution in [3.63, 3.8) is 0 Å². The number of nitrogens with zero attached hydrogens (tertiary/aromatic N) is 1. The van der Waals surface area contributed by atoms with E-state index in [2.05, 4.69) is 15.3 Å². The van der Waals surface area contributed by atoms with Crippen LogP contribution in [-0.2, 0) is 20.7 Å². The van der Waals surface area contributed by atoms with Crippen LogP contribution >= 0.6 is 0 Å². The van der Waals surface area contributed by atoms with Crippen molar-refractivity contribution in [3.8, 4) is 0 Å². The Morgan fingerprint density at radius 3 is 2.35 bits per heavy atom. The number of methoxy groups -OCH3 is 2. The summed E-state index contributed by atoms with van der Waals surface area (Å²) < 4.78 is 10.1. The van der Waals surface area contributed by atoms with Crippen molar-refractivity contribution in [1.29, 1.82) is 0 Å². The molecule has 8 nitrogen and oxygen atoms in total. The second kappa shape index (κ2) is 7.71. The molecule has 170 valence electrons. The molecule has 1 aliphatic rings. The highest BCUT2D eigenvalue weighted by atomic mass is 16.5. The number of benzene rings is 2. The molecule has 5 aromatic rings. The van der Waals surface area contributed by atoms with Crippen LogP contribution in [0.25, 0.3) is 32.7 Å². The summed E-state index contributed by atoms with van der Waals surface area (Å²) in [5.41, 5.74) is 5.45. The van der Waals surface area contributed by atoms with Gasteiger partial charge in [-0.1, -0.05) is 36.4 Å². The van der Waals surface area contributed by atoms with Gasteiger partial charge >= 0.3 is 11.9 Å². The summed E-state index contributed by atoms with van der Waals surface area (Å²) in [6, 6.07) is 16.6. The Morgan fingerprint density at radius 2 is 1.62 bits per heavy atom. The van der Waals surface area contributed by atoms with Crippen LogP contribution in [0.2, 0.25) is 0 Å².